The second-order valence-corrected chi connectivity index (χ2v) is 9.30. The SMILES string of the molecule is CCNC(=O)Cn1c(-c2ccc(F)c(Cl)c2)nc2ccc(N3CCN4CCCC4C3)cc2c1=O. The lowest BCUT2D eigenvalue weighted by Crippen LogP contribution is -2.50. The molecule has 3 aromatic rings. The van der Waals surface area contributed by atoms with Crippen molar-refractivity contribution in [1.82, 2.24) is 19.8 Å². The average Bonchev–Trinajstić information content (AvgIpc) is 3.30. The number of hydrogen-bond donors (Lipinski definition) is 1. The van der Waals surface area contributed by atoms with Gasteiger partial charge in [-0.25, -0.2) is 9.37 Å². The van der Waals surface area contributed by atoms with Gasteiger partial charge in [-0.15, -0.1) is 0 Å². The lowest BCUT2D eigenvalue weighted by Gasteiger charge is -2.38. The molecule has 0 spiro atoms. The minimum atomic E-state index is -0.559. The van der Waals surface area contributed by atoms with Crippen LogP contribution in [0.1, 0.15) is 19.8 Å². The van der Waals surface area contributed by atoms with Gasteiger partial charge >= 0.3 is 0 Å². The summed E-state index contributed by atoms with van der Waals surface area (Å²) in [5, 5.41) is 3.11. The predicted octanol–water partition coefficient (Wildman–Crippen LogP) is 3.28. The fourth-order valence-corrected chi connectivity index (χ4v) is 5.21. The Kier molecular flexibility index (Phi) is 6.27. The van der Waals surface area contributed by atoms with E-state index in [1.807, 2.05) is 25.1 Å². The highest BCUT2D eigenvalue weighted by molar-refractivity contribution is 6.31. The Hall–Kier alpha value is -2.97. The van der Waals surface area contributed by atoms with Crippen LogP contribution in [-0.2, 0) is 11.3 Å². The van der Waals surface area contributed by atoms with E-state index in [4.69, 9.17) is 16.6 Å². The van der Waals surface area contributed by atoms with Crippen molar-refractivity contribution >= 4 is 34.1 Å². The third-order valence-electron chi connectivity index (χ3n) is 6.74. The van der Waals surface area contributed by atoms with Crippen molar-refractivity contribution in [2.75, 3.05) is 37.6 Å². The summed E-state index contributed by atoms with van der Waals surface area (Å²) < 4.78 is 15.1. The van der Waals surface area contributed by atoms with E-state index >= 15 is 0 Å². The number of piperazine rings is 1. The van der Waals surface area contributed by atoms with Gasteiger partial charge in [0.05, 0.1) is 15.9 Å². The molecule has 2 aliphatic rings. The summed E-state index contributed by atoms with van der Waals surface area (Å²) in [7, 11) is 0. The molecule has 2 aromatic carbocycles. The van der Waals surface area contributed by atoms with Gasteiger partial charge in [0.2, 0.25) is 5.91 Å². The molecule has 2 aliphatic heterocycles. The van der Waals surface area contributed by atoms with Gasteiger partial charge in [0.25, 0.3) is 5.56 Å². The summed E-state index contributed by atoms with van der Waals surface area (Å²) in [6.07, 6.45) is 2.44. The normalized spacial score (nSPS) is 18.3. The quantitative estimate of drug-likeness (QED) is 0.603. The number of aromatic nitrogens is 2. The van der Waals surface area contributed by atoms with E-state index in [1.54, 1.807) is 0 Å². The van der Waals surface area contributed by atoms with Crippen molar-refractivity contribution in [2.24, 2.45) is 0 Å². The number of likely N-dealkylation sites (N-methyl/N-ethyl adjacent to an activating group) is 1. The maximum absolute atomic E-state index is 13.8. The number of fused-ring (bicyclic) bond motifs is 2. The van der Waals surface area contributed by atoms with Gasteiger partial charge in [0.1, 0.15) is 18.2 Å². The molecule has 34 heavy (non-hydrogen) atoms. The van der Waals surface area contributed by atoms with Crippen molar-refractivity contribution < 1.29 is 9.18 Å². The minimum Gasteiger partial charge on any atom is -0.369 e. The molecule has 0 saturated carbocycles. The van der Waals surface area contributed by atoms with Gasteiger partial charge in [0, 0.05) is 43.5 Å². The minimum absolute atomic E-state index is 0.0715. The van der Waals surface area contributed by atoms with E-state index in [0.29, 0.717) is 29.1 Å². The first kappa shape index (κ1) is 22.8. The molecule has 0 bridgehead atoms. The van der Waals surface area contributed by atoms with Crippen LogP contribution in [0.2, 0.25) is 5.02 Å². The van der Waals surface area contributed by atoms with Gasteiger partial charge in [0.15, 0.2) is 0 Å². The molecule has 178 valence electrons. The summed E-state index contributed by atoms with van der Waals surface area (Å²) >= 11 is 6.00. The van der Waals surface area contributed by atoms with Crippen LogP contribution in [0.4, 0.5) is 10.1 Å². The van der Waals surface area contributed by atoms with E-state index in [1.165, 1.54) is 42.2 Å². The van der Waals surface area contributed by atoms with Gasteiger partial charge in [-0.3, -0.25) is 19.1 Å². The lowest BCUT2D eigenvalue weighted by atomic mass is 10.1. The van der Waals surface area contributed by atoms with E-state index in [0.717, 1.165) is 25.3 Å². The highest BCUT2D eigenvalue weighted by Gasteiger charge is 2.30. The van der Waals surface area contributed by atoms with Crippen LogP contribution in [0.3, 0.4) is 0 Å². The largest absolute Gasteiger partial charge is 0.369 e. The molecular weight excluding hydrogens is 457 g/mol. The molecule has 1 amide bonds. The average molecular weight is 484 g/mol. The first-order valence-corrected chi connectivity index (χ1v) is 12.1. The van der Waals surface area contributed by atoms with Crippen molar-refractivity contribution in [3.63, 3.8) is 0 Å². The van der Waals surface area contributed by atoms with Crippen LogP contribution in [-0.4, -0.2) is 59.1 Å². The van der Waals surface area contributed by atoms with E-state index in [9.17, 15) is 14.0 Å². The maximum atomic E-state index is 13.8. The standard InChI is InChI=1S/C25H27ClFN5O2/c1-2-28-23(33)15-32-24(16-5-7-21(27)20(26)12-16)29-22-8-6-17(13-19(22)25(32)34)31-11-10-30-9-3-4-18(30)14-31/h5-8,12-13,18H,2-4,9-11,14-15H2,1H3,(H,28,33). The van der Waals surface area contributed by atoms with Gasteiger partial charge in [-0.1, -0.05) is 11.6 Å². The number of hydrogen-bond acceptors (Lipinski definition) is 5. The van der Waals surface area contributed by atoms with Crippen molar-refractivity contribution in [2.45, 2.75) is 32.4 Å². The van der Waals surface area contributed by atoms with Crippen LogP contribution in [0.25, 0.3) is 22.3 Å². The Morgan fingerprint density at radius 3 is 2.85 bits per heavy atom. The number of nitrogens with zero attached hydrogens (tertiary/aromatic N) is 4. The molecule has 0 aliphatic carbocycles. The third kappa shape index (κ3) is 4.28. The number of anilines is 1. The molecular formula is C25H27ClFN5O2. The number of amides is 1. The Balaban J connectivity index is 1.59. The number of nitrogens with one attached hydrogen (secondary N) is 1. The summed E-state index contributed by atoms with van der Waals surface area (Å²) in [6, 6.07) is 10.4. The first-order chi connectivity index (χ1) is 16.4. The second kappa shape index (κ2) is 9.35. The number of benzene rings is 2. The van der Waals surface area contributed by atoms with Crippen LogP contribution in [0.5, 0.6) is 0 Å². The lowest BCUT2D eigenvalue weighted by molar-refractivity contribution is -0.121. The van der Waals surface area contributed by atoms with Crippen LogP contribution >= 0.6 is 11.6 Å². The Bertz CT molecular complexity index is 1310. The zero-order valence-electron chi connectivity index (χ0n) is 19.1. The van der Waals surface area contributed by atoms with Gasteiger partial charge < -0.3 is 10.2 Å². The molecule has 7 nitrogen and oxygen atoms in total. The van der Waals surface area contributed by atoms with Crippen molar-refractivity contribution in [1.29, 1.82) is 0 Å². The molecule has 1 atom stereocenters. The molecule has 2 fully saturated rings. The highest BCUT2D eigenvalue weighted by Crippen LogP contribution is 2.28. The summed E-state index contributed by atoms with van der Waals surface area (Å²) in [5.41, 5.74) is 1.67. The zero-order valence-corrected chi connectivity index (χ0v) is 19.8. The van der Waals surface area contributed by atoms with Crippen LogP contribution < -0.4 is 15.8 Å². The number of halogens is 2. The molecule has 5 rings (SSSR count). The highest BCUT2D eigenvalue weighted by atomic mass is 35.5. The molecule has 2 saturated heterocycles. The molecule has 1 aromatic heterocycles. The molecule has 1 N–H and O–H groups in total. The smallest absolute Gasteiger partial charge is 0.262 e. The number of carbonyl (C=O) groups excluding carboxylic acids is 1. The number of rotatable bonds is 5. The second-order valence-electron chi connectivity index (χ2n) is 8.89. The molecule has 0 radical (unpaired) electrons. The summed E-state index contributed by atoms with van der Waals surface area (Å²) in [4.78, 5) is 35.6. The van der Waals surface area contributed by atoms with Crippen molar-refractivity contribution in [3.05, 3.63) is 57.6 Å². The van der Waals surface area contributed by atoms with Crippen molar-refractivity contribution in [3.8, 4) is 11.4 Å². The Labute approximate surface area is 202 Å². The van der Waals surface area contributed by atoms with E-state index < -0.39 is 5.82 Å². The van der Waals surface area contributed by atoms with E-state index in [-0.39, 0.29) is 28.9 Å². The first-order valence-electron chi connectivity index (χ1n) is 11.7. The molecule has 9 heteroatoms. The van der Waals surface area contributed by atoms with Gasteiger partial charge in [-0.05, 0) is 62.7 Å². The number of carbonyl (C=O) groups is 1. The van der Waals surface area contributed by atoms with Crippen LogP contribution in [0.15, 0.2) is 41.2 Å². The maximum Gasteiger partial charge on any atom is 0.262 e. The third-order valence-corrected chi connectivity index (χ3v) is 7.03. The summed E-state index contributed by atoms with van der Waals surface area (Å²) in [6.45, 7) is 6.12. The molecule has 1 unspecified atom stereocenters. The monoisotopic (exact) mass is 483 g/mol. The van der Waals surface area contributed by atoms with E-state index in [2.05, 4.69) is 15.1 Å². The fraction of sp³-hybridized carbons (Fsp3) is 0.400. The summed E-state index contributed by atoms with van der Waals surface area (Å²) in [5.74, 6) is -0.581. The van der Waals surface area contributed by atoms with Crippen LogP contribution in [0, 0.1) is 5.82 Å². The fourth-order valence-electron chi connectivity index (χ4n) is 5.03. The topological polar surface area (TPSA) is 70.5 Å². The van der Waals surface area contributed by atoms with Gasteiger partial charge in [-0.2, -0.15) is 0 Å². The predicted molar refractivity (Wildman–Crippen MR) is 132 cm³/mol. The molecule has 3 heterocycles. The Morgan fingerprint density at radius 2 is 2.06 bits per heavy atom. The Morgan fingerprint density at radius 1 is 1.21 bits per heavy atom. The zero-order chi connectivity index (χ0) is 23.8.